The van der Waals surface area contributed by atoms with Gasteiger partial charge in [-0.2, -0.15) is 0 Å². The van der Waals surface area contributed by atoms with Crippen molar-refractivity contribution in [2.24, 2.45) is 0 Å². The summed E-state index contributed by atoms with van der Waals surface area (Å²) in [4.78, 5) is 2.72. The van der Waals surface area contributed by atoms with E-state index in [-0.39, 0.29) is 5.60 Å². The fourth-order valence-electron chi connectivity index (χ4n) is 3.91. The predicted octanol–water partition coefficient (Wildman–Crippen LogP) is 1.77. The first-order valence-corrected chi connectivity index (χ1v) is 7.47. The van der Waals surface area contributed by atoms with Crippen molar-refractivity contribution in [3.8, 4) is 0 Å². The summed E-state index contributed by atoms with van der Waals surface area (Å²) in [6.07, 6.45) is 9.26. The lowest BCUT2D eigenvalue weighted by atomic mass is 9.88. The van der Waals surface area contributed by atoms with Crippen LogP contribution in [0.2, 0.25) is 0 Å². The van der Waals surface area contributed by atoms with Crippen molar-refractivity contribution >= 4 is 0 Å². The van der Waals surface area contributed by atoms with E-state index in [0.717, 1.165) is 12.6 Å². The highest BCUT2D eigenvalue weighted by Gasteiger charge is 2.41. The highest BCUT2D eigenvalue weighted by Crippen LogP contribution is 2.41. The molecule has 98 valence electrons. The SMILES string of the molecule is C1CNCCN(C2CCOC3(CCCC3)C2)C1. The Morgan fingerprint density at radius 1 is 1.06 bits per heavy atom. The Bertz CT molecular complexity index is 243. The van der Waals surface area contributed by atoms with E-state index in [1.807, 2.05) is 0 Å². The summed E-state index contributed by atoms with van der Waals surface area (Å²) in [6, 6.07) is 0.793. The normalized spacial score (nSPS) is 34.9. The number of hydrogen-bond donors (Lipinski definition) is 1. The smallest absolute Gasteiger partial charge is 0.0697 e. The molecule has 3 fully saturated rings. The van der Waals surface area contributed by atoms with E-state index in [1.165, 1.54) is 71.1 Å². The number of rotatable bonds is 1. The van der Waals surface area contributed by atoms with Gasteiger partial charge in [0.15, 0.2) is 0 Å². The van der Waals surface area contributed by atoms with Gasteiger partial charge in [0.05, 0.1) is 5.60 Å². The summed E-state index contributed by atoms with van der Waals surface area (Å²) in [5.41, 5.74) is 0.280. The molecule has 0 bridgehead atoms. The maximum atomic E-state index is 6.14. The van der Waals surface area contributed by atoms with Crippen molar-refractivity contribution in [2.45, 2.75) is 56.6 Å². The van der Waals surface area contributed by atoms with Crippen LogP contribution >= 0.6 is 0 Å². The van der Waals surface area contributed by atoms with Gasteiger partial charge in [-0.15, -0.1) is 0 Å². The van der Waals surface area contributed by atoms with Gasteiger partial charge in [-0.3, -0.25) is 4.90 Å². The molecule has 0 radical (unpaired) electrons. The van der Waals surface area contributed by atoms with Crippen molar-refractivity contribution < 1.29 is 4.74 Å². The molecule has 3 nitrogen and oxygen atoms in total. The van der Waals surface area contributed by atoms with Gasteiger partial charge in [0, 0.05) is 25.7 Å². The highest BCUT2D eigenvalue weighted by atomic mass is 16.5. The first-order chi connectivity index (χ1) is 8.38. The molecular weight excluding hydrogens is 212 g/mol. The molecule has 3 heteroatoms. The fraction of sp³-hybridized carbons (Fsp3) is 1.00. The molecule has 17 heavy (non-hydrogen) atoms. The summed E-state index contributed by atoms with van der Waals surface area (Å²) < 4.78 is 6.14. The molecule has 0 aromatic heterocycles. The molecule has 1 spiro atoms. The standard InChI is InChI=1S/C14H26N2O/c1-2-6-14(5-1)12-13(4-11-17-14)16-9-3-7-15-8-10-16/h13,15H,1-12H2. The van der Waals surface area contributed by atoms with E-state index < -0.39 is 0 Å². The topological polar surface area (TPSA) is 24.5 Å². The van der Waals surface area contributed by atoms with E-state index in [2.05, 4.69) is 10.2 Å². The lowest BCUT2D eigenvalue weighted by Crippen LogP contribution is -2.48. The van der Waals surface area contributed by atoms with Crippen LogP contribution < -0.4 is 5.32 Å². The van der Waals surface area contributed by atoms with E-state index >= 15 is 0 Å². The van der Waals surface area contributed by atoms with E-state index in [9.17, 15) is 0 Å². The Labute approximate surface area is 105 Å². The van der Waals surface area contributed by atoms with Crippen LogP contribution in [-0.2, 0) is 4.74 Å². The molecule has 1 saturated carbocycles. The summed E-state index contributed by atoms with van der Waals surface area (Å²) >= 11 is 0. The zero-order valence-electron chi connectivity index (χ0n) is 10.9. The largest absolute Gasteiger partial charge is 0.375 e. The van der Waals surface area contributed by atoms with E-state index in [4.69, 9.17) is 4.74 Å². The van der Waals surface area contributed by atoms with Crippen LogP contribution in [0.15, 0.2) is 0 Å². The third-order valence-corrected chi connectivity index (χ3v) is 4.87. The van der Waals surface area contributed by atoms with Gasteiger partial charge >= 0.3 is 0 Å². The summed E-state index contributed by atoms with van der Waals surface area (Å²) in [5.74, 6) is 0. The monoisotopic (exact) mass is 238 g/mol. The van der Waals surface area contributed by atoms with Crippen molar-refractivity contribution in [2.75, 3.05) is 32.8 Å². The Morgan fingerprint density at radius 2 is 1.94 bits per heavy atom. The minimum atomic E-state index is 0.280. The van der Waals surface area contributed by atoms with Gasteiger partial charge in [-0.1, -0.05) is 12.8 Å². The Kier molecular flexibility index (Phi) is 3.69. The molecule has 2 aliphatic heterocycles. The van der Waals surface area contributed by atoms with Crippen LogP contribution in [0.25, 0.3) is 0 Å². The molecule has 2 saturated heterocycles. The molecule has 3 aliphatic rings. The molecule has 1 N–H and O–H groups in total. The van der Waals surface area contributed by atoms with Gasteiger partial charge in [0.1, 0.15) is 0 Å². The molecule has 1 aliphatic carbocycles. The minimum absolute atomic E-state index is 0.280. The highest BCUT2D eigenvalue weighted by molar-refractivity contribution is 4.94. The first-order valence-electron chi connectivity index (χ1n) is 7.47. The third-order valence-electron chi connectivity index (χ3n) is 4.87. The van der Waals surface area contributed by atoms with Crippen LogP contribution in [0, 0.1) is 0 Å². The second-order valence-corrected chi connectivity index (χ2v) is 6.02. The van der Waals surface area contributed by atoms with Gasteiger partial charge in [-0.05, 0) is 45.2 Å². The van der Waals surface area contributed by atoms with Gasteiger partial charge in [-0.25, -0.2) is 0 Å². The number of ether oxygens (including phenoxy) is 1. The fourth-order valence-corrected chi connectivity index (χ4v) is 3.91. The number of nitrogens with one attached hydrogen (secondary N) is 1. The lowest BCUT2D eigenvalue weighted by molar-refractivity contribution is -0.101. The Balaban J connectivity index is 1.62. The van der Waals surface area contributed by atoms with Crippen LogP contribution in [-0.4, -0.2) is 49.3 Å². The summed E-state index contributed by atoms with van der Waals surface area (Å²) in [7, 11) is 0. The molecule has 0 aromatic rings. The summed E-state index contributed by atoms with van der Waals surface area (Å²) in [5, 5.41) is 3.50. The van der Waals surface area contributed by atoms with Crippen molar-refractivity contribution in [3.05, 3.63) is 0 Å². The van der Waals surface area contributed by atoms with Crippen molar-refractivity contribution in [3.63, 3.8) is 0 Å². The molecule has 0 aromatic carbocycles. The van der Waals surface area contributed by atoms with Crippen LogP contribution in [0.1, 0.15) is 44.9 Å². The van der Waals surface area contributed by atoms with Gasteiger partial charge in [0.2, 0.25) is 0 Å². The zero-order valence-corrected chi connectivity index (χ0v) is 10.9. The average molecular weight is 238 g/mol. The predicted molar refractivity (Wildman–Crippen MR) is 69.2 cm³/mol. The quantitative estimate of drug-likeness (QED) is 0.753. The molecule has 1 atom stereocenters. The van der Waals surface area contributed by atoms with Crippen molar-refractivity contribution in [1.82, 2.24) is 10.2 Å². The first kappa shape index (κ1) is 11.9. The number of hydrogen-bond acceptors (Lipinski definition) is 3. The Morgan fingerprint density at radius 3 is 2.82 bits per heavy atom. The molecule has 0 amide bonds. The minimum Gasteiger partial charge on any atom is -0.375 e. The maximum absolute atomic E-state index is 6.14. The van der Waals surface area contributed by atoms with Gasteiger partial charge in [0.25, 0.3) is 0 Å². The van der Waals surface area contributed by atoms with Crippen LogP contribution in [0.5, 0.6) is 0 Å². The molecular formula is C14H26N2O. The van der Waals surface area contributed by atoms with E-state index in [1.54, 1.807) is 0 Å². The maximum Gasteiger partial charge on any atom is 0.0697 e. The van der Waals surface area contributed by atoms with Crippen molar-refractivity contribution in [1.29, 1.82) is 0 Å². The molecule has 2 heterocycles. The summed E-state index contributed by atoms with van der Waals surface area (Å²) in [6.45, 7) is 5.89. The molecule has 1 unspecified atom stereocenters. The van der Waals surface area contributed by atoms with Crippen LogP contribution in [0.4, 0.5) is 0 Å². The third kappa shape index (κ3) is 2.67. The van der Waals surface area contributed by atoms with Crippen LogP contribution in [0.3, 0.4) is 0 Å². The molecule has 3 rings (SSSR count). The van der Waals surface area contributed by atoms with E-state index in [0.29, 0.717) is 0 Å². The van der Waals surface area contributed by atoms with Gasteiger partial charge < -0.3 is 10.1 Å². The lowest BCUT2D eigenvalue weighted by Gasteiger charge is -2.42. The zero-order chi connectivity index (χ0) is 11.6. The second-order valence-electron chi connectivity index (χ2n) is 6.02. The Hall–Kier alpha value is -0.120. The number of nitrogens with zero attached hydrogens (tertiary/aromatic N) is 1. The average Bonchev–Trinajstić information content (AvgIpc) is 2.66. The second kappa shape index (κ2) is 5.25.